The minimum atomic E-state index is -0.638. The Balaban J connectivity index is 1.64. The highest BCUT2D eigenvalue weighted by Gasteiger charge is 2.56. The highest BCUT2D eigenvalue weighted by molar-refractivity contribution is 6.20. The van der Waals surface area contributed by atoms with E-state index in [1.54, 1.807) is 0 Å². The van der Waals surface area contributed by atoms with E-state index in [0.717, 1.165) is 51.0 Å². The molecule has 2 fully saturated rings. The SMILES string of the molecule is C=C1CCC[C@H]2[C@](C)(CC3=C(O)C(=O)C=C(OC)C3=O)[C@@H](COC(=O)CCCCCNC(=O)OC(C)(C)C)CC[C@]12C. The lowest BCUT2D eigenvalue weighted by atomic mass is 9.45. The zero-order chi connectivity index (χ0) is 31.3. The van der Waals surface area contributed by atoms with Gasteiger partial charge in [0.05, 0.1) is 13.7 Å². The number of rotatable bonds is 11. The van der Waals surface area contributed by atoms with E-state index in [1.807, 2.05) is 20.8 Å². The molecule has 42 heavy (non-hydrogen) atoms. The fourth-order valence-electron chi connectivity index (χ4n) is 7.10. The molecule has 0 aliphatic heterocycles. The third-order valence-corrected chi connectivity index (χ3v) is 9.52. The maximum atomic E-state index is 13.2. The van der Waals surface area contributed by atoms with Crippen molar-refractivity contribution in [3.8, 4) is 0 Å². The first-order chi connectivity index (χ1) is 19.6. The molecule has 0 bridgehead atoms. The highest BCUT2D eigenvalue weighted by atomic mass is 16.6. The van der Waals surface area contributed by atoms with Crippen molar-refractivity contribution in [2.45, 2.75) is 104 Å². The van der Waals surface area contributed by atoms with Crippen LogP contribution in [0, 0.1) is 22.7 Å². The first-order valence-electron chi connectivity index (χ1n) is 15.2. The van der Waals surface area contributed by atoms with Gasteiger partial charge in [-0.3, -0.25) is 14.4 Å². The van der Waals surface area contributed by atoms with Gasteiger partial charge in [0.2, 0.25) is 11.6 Å². The molecule has 2 N–H and O–H groups in total. The number of allylic oxidation sites excluding steroid dienone is 3. The third-order valence-electron chi connectivity index (χ3n) is 9.52. The first kappa shape index (κ1) is 33.4. The van der Waals surface area contributed by atoms with E-state index in [-0.39, 0.29) is 54.0 Å². The van der Waals surface area contributed by atoms with Gasteiger partial charge in [0.25, 0.3) is 0 Å². The second-order valence-corrected chi connectivity index (χ2v) is 13.5. The Morgan fingerprint density at radius 3 is 2.52 bits per heavy atom. The number of ether oxygens (including phenoxy) is 3. The summed E-state index contributed by atoms with van der Waals surface area (Å²) in [5.74, 6) is -1.93. The predicted octanol–water partition coefficient (Wildman–Crippen LogP) is 6.28. The summed E-state index contributed by atoms with van der Waals surface area (Å²) in [7, 11) is 1.33. The monoisotopic (exact) mass is 587 g/mol. The van der Waals surface area contributed by atoms with Crippen molar-refractivity contribution in [1.82, 2.24) is 5.32 Å². The maximum Gasteiger partial charge on any atom is 0.407 e. The van der Waals surface area contributed by atoms with Crippen LogP contribution in [-0.4, -0.2) is 54.6 Å². The lowest BCUT2D eigenvalue weighted by Crippen LogP contribution is -2.52. The minimum absolute atomic E-state index is 0.0662. The van der Waals surface area contributed by atoms with Crippen LogP contribution < -0.4 is 5.32 Å². The molecule has 0 aromatic carbocycles. The smallest absolute Gasteiger partial charge is 0.407 e. The number of hydrogen-bond acceptors (Lipinski definition) is 8. The van der Waals surface area contributed by atoms with Gasteiger partial charge in [-0.1, -0.05) is 32.4 Å². The number of hydrogen-bond donors (Lipinski definition) is 2. The summed E-state index contributed by atoms with van der Waals surface area (Å²) >= 11 is 0. The first-order valence-corrected chi connectivity index (χ1v) is 15.2. The van der Waals surface area contributed by atoms with E-state index >= 15 is 0 Å². The van der Waals surface area contributed by atoms with Crippen molar-refractivity contribution < 1.29 is 38.5 Å². The molecule has 3 aliphatic carbocycles. The molecule has 0 aromatic heterocycles. The average molecular weight is 588 g/mol. The lowest BCUT2D eigenvalue weighted by molar-refractivity contribution is -0.151. The Morgan fingerprint density at radius 1 is 1.14 bits per heavy atom. The van der Waals surface area contributed by atoms with E-state index in [9.17, 15) is 24.3 Å². The number of alkyl carbamates (subject to hydrolysis) is 1. The lowest BCUT2D eigenvalue weighted by Gasteiger charge is -2.59. The van der Waals surface area contributed by atoms with Gasteiger partial charge in [-0.05, 0) is 94.8 Å². The molecule has 4 atom stereocenters. The predicted molar refractivity (Wildman–Crippen MR) is 158 cm³/mol. The Kier molecular flexibility index (Phi) is 10.7. The van der Waals surface area contributed by atoms with Gasteiger partial charge in [-0.25, -0.2) is 4.79 Å². The normalized spacial score (nSPS) is 28.1. The van der Waals surface area contributed by atoms with Crippen LogP contribution in [0.1, 0.15) is 98.8 Å². The van der Waals surface area contributed by atoms with Crippen molar-refractivity contribution >= 4 is 23.6 Å². The number of fused-ring (bicyclic) bond motifs is 1. The van der Waals surface area contributed by atoms with Gasteiger partial charge >= 0.3 is 12.1 Å². The van der Waals surface area contributed by atoms with Crippen molar-refractivity contribution in [1.29, 1.82) is 0 Å². The van der Waals surface area contributed by atoms with Crippen LogP contribution in [-0.2, 0) is 28.6 Å². The molecular weight excluding hydrogens is 538 g/mol. The average Bonchev–Trinajstić information content (AvgIpc) is 2.90. The number of esters is 1. The Bertz CT molecular complexity index is 1150. The van der Waals surface area contributed by atoms with Gasteiger partial charge in [-0.2, -0.15) is 0 Å². The number of carbonyl (C=O) groups is 4. The molecule has 3 aliphatic rings. The summed E-state index contributed by atoms with van der Waals surface area (Å²) in [4.78, 5) is 50.2. The Morgan fingerprint density at radius 2 is 1.86 bits per heavy atom. The summed E-state index contributed by atoms with van der Waals surface area (Å²) in [5.41, 5.74) is 0.0519. The van der Waals surface area contributed by atoms with Crippen molar-refractivity contribution in [3.63, 3.8) is 0 Å². The fraction of sp³-hybridized carbons (Fsp3) is 0.697. The molecule has 2 saturated carbocycles. The summed E-state index contributed by atoms with van der Waals surface area (Å²) in [6.07, 6.45) is 7.70. The second-order valence-electron chi connectivity index (χ2n) is 13.5. The van der Waals surface area contributed by atoms with Gasteiger partial charge in [0, 0.05) is 24.6 Å². The van der Waals surface area contributed by atoms with E-state index in [2.05, 4.69) is 25.7 Å². The number of carbonyl (C=O) groups excluding carboxylic acids is 4. The van der Waals surface area contributed by atoms with Crippen LogP contribution in [0.3, 0.4) is 0 Å². The van der Waals surface area contributed by atoms with Crippen LogP contribution >= 0.6 is 0 Å². The number of aliphatic hydroxyl groups excluding tert-OH is 1. The van der Waals surface area contributed by atoms with E-state index in [1.165, 1.54) is 12.7 Å². The Labute approximate surface area is 250 Å². The van der Waals surface area contributed by atoms with E-state index < -0.39 is 34.4 Å². The van der Waals surface area contributed by atoms with Crippen LogP contribution in [0.15, 0.2) is 35.3 Å². The number of unbranched alkanes of at least 4 members (excludes halogenated alkanes) is 2. The molecule has 0 spiro atoms. The zero-order valence-corrected chi connectivity index (χ0v) is 26.2. The zero-order valence-electron chi connectivity index (χ0n) is 26.2. The summed E-state index contributed by atoms with van der Waals surface area (Å²) in [5, 5.41) is 13.4. The van der Waals surface area contributed by atoms with Gasteiger partial charge < -0.3 is 24.6 Å². The van der Waals surface area contributed by atoms with Crippen LogP contribution in [0.4, 0.5) is 4.79 Å². The number of ketones is 2. The highest BCUT2D eigenvalue weighted by Crippen LogP contribution is 2.63. The number of nitrogens with one attached hydrogen (secondary N) is 1. The number of aliphatic hydroxyl groups is 1. The van der Waals surface area contributed by atoms with Crippen LogP contribution in [0.5, 0.6) is 0 Å². The molecule has 3 rings (SSSR count). The van der Waals surface area contributed by atoms with Gasteiger partial charge in [-0.15, -0.1) is 0 Å². The molecule has 0 saturated heterocycles. The van der Waals surface area contributed by atoms with E-state index in [4.69, 9.17) is 14.2 Å². The van der Waals surface area contributed by atoms with Crippen molar-refractivity contribution in [2.24, 2.45) is 22.7 Å². The Hall–Kier alpha value is -3.10. The molecule has 0 heterocycles. The van der Waals surface area contributed by atoms with E-state index in [0.29, 0.717) is 13.0 Å². The number of Topliss-reactive ketones (excluding diaryl/α,β-unsaturated/α-hetero) is 1. The molecule has 1 amide bonds. The maximum absolute atomic E-state index is 13.2. The topological polar surface area (TPSA) is 128 Å². The molecule has 0 radical (unpaired) electrons. The molecule has 234 valence electrons. The molecule has 0 unspecified atom stereocenters. The number of amides is 1. The second kappa shape index (κ2) is 13.5. The number of methoxy groups -OCH3 is 1. The largest absolute Gasteiger partial charge is 0.504 e. The minimum Gasteiger partial charge on any atom is -0.504 e. The fourth-order valence-corrected chi connectivity index (χ4v) is 7.10. The summed E-state index contributed by atoms with van der Waals surface area (Å²) in [6, 6.07) is 0. The standard InChI is InChI=1S/C33H49NO8/c1-21-12-11-13-26-32(21,5)16-15-22(33(26,6)19-23-28(37)24(35)18-25(40-7)29(23)38)20-41-27(36)14-9-8-10-17-34-30(39)42-31(2,3)4/h18,22,26,37H,1,8-17,19-20H2,2-7H3,(H,34,39)/t22-,26-,32-,33-/m1/s1. The summed E-state index contributed by atoms with van der Waals surface area (Å²) in [6.45, 7) is 14.9. The third kappa shape index (κ3) is 7.64. The van der Waals surface area contributed by atoms with Gasteiger partial charge in [0.1, 0.15) is 5.60 Å². The molecule has 9 nitrogen and oxygen atoms in total. The van der Waals surface area contributed by atoms with Crippen molar-refractivity contribution in [3.05, 3.63) is 35.3 Å². The van der Waals surface area contributed by atoms with Crippen LogP contribution in [0.25, 0.3) is 0 Å². The van der Waals surface area contributed by atoms with Gasteiger partial charge in [0.15, 0.2) is 11.5 Å². The molecular formula is C33H49NO8. The summed E-state index contributed by atoms with van der Waals surface area (Å²) < 4.78 is 16.2. The molecule has 0 aromatic rings. The molecule has 9 heteroatoms. The van der Waals surface area contributed by atoms with Crippen molar-refractivity contribution in [2.75, 3.05) is 20.3 Å². The quantitative estimate of drug-likeness (QED) is 0.125. The van der Waals surface area contributed by atoms with Crippen LogP contribution in [0.2, 0.25) is 0 Å².